The number of rotatable bonds is 0. The first-order chi connectivity index (χ1) is 4.95. The Morgan fingerprint density at radius 3 is 1.90 bits per heavy atom. The fourth-order valence-corrected chi connectivity index (χ4v) is 4.02. The Kier molecular flexibility index (Phi) is 1.00. The van der Waals surface area contributed by atoms with Gasteiger partial charge in [0.2, 0.25) is 0 Å². The lowest BCUT2D eigenvalue weighted by atomic mass is 9.82. The summed E-state index contributed by atoms with van der Waals surface area (Å²) in [6, 6.07) is 0. The van der Waals surface area contributed by atoms with Crippen molar-refractivity contribution < 1.29 is 0 Å². The average molecular weight is 136 g/mol. The van der Waals surface area contributed by atoms with Crippen LogP contribution in [0.1, 0.15) is 38.5 Å². The van der Waals surface area contributed by atoms with Crippen LogP contribution in [0.3, 0.4) is 0 Å². The highest BCUT2D eigenvalue weighted by molar-refractivity contribution is 4.98. The van der Waals surface area contributed by atoms with Gasteiger partial charge in [-0.15, -0.1) is 0 Å². The molecule has 0 aliphatic heterocycles. The van der Waals surface area contributed by atoms with Gasteiger partial charge in [-0.3, -0.25) is 0 Å². The molecule has 0 amide bonds. The molecule has 4 atom stereocenters. The molecule has 3 aliphatic rings. The minimum atomic E-state index is 1.19. The first kappa shape index (κ1) is 5.62. The molecule has 0 radical (unpaired) electrons. The molecule has 0 heteroatoms. The second kappa shape index (κ2) is 1.78. The van der Waals surface area contributed by atoms with Crippen molar-refractivity contribution in [3.8, 4) is 0 Å². The lowest BCUT2D eigenvalue weighted by Crippen LogP contribution is -2.15. The van der Waals surface area contributed by atoms with Gasteiger partial charge in [0, 0.05) is 0 Å². The second-order valence-corrected chi connectivity index (χ2v) is 4.59. The Bertz CT molecular complexity index is 134. The summed E-state index contributed by atoms with van der Waals surface area (Å²) in [6.07, 6.45) is 9.53. The third-order valence-corrected chi connectivity index (χ3v) is 4.35. The topological polar surface area (TPSA) is 0 Å². The molecule has 56 valence electrons. The maximum Gasteiger partial charge on any atom is -0.0355 e. The van der Waals surface area contributed by atoms with Crippen LogP contribution in [0, 0.1) is 23.7 Å². The summed E-state index contributed by atoms with van der Waals surface area (Å²) < 4.78 is 0. The maximum atomic E-state index is 1.62. The van der Waals surface area contributed by atoms with E-state index in [1.807, 2.05) is 0 Å². The fraction of sp³-hybridized carbons (Fsp3) is 1.00. The van der Waals surface area contributed by atoms with Gasteiger partial charge in [-0.05, 0) is 55.8 Å². The van der Waals surface area contributed by atoms with Gasteiger partial charge >= 0.3 is 0 Å². The molecule has 0 saturated heterocycles. The fourth-order valence-electron chi connectivity index (χ4n) is 4.02. The van der Waals surface area contributed by atoms with Crippen LogP contribution in [0.5, 0.6) is 0 Å². The van der Waals surface area contributed by atoms with E-state index in [9.17, 15) is 0 Å². The van der Waals surface area contributed by atoms with Crippen molar-refractivity contribution >= 4 is 0 Å². The number of hydrogen-bond acceptors (Lipinski definition) is 0. The molecule has 0 aromatic heterocycles. The summed E-state index contributed by atoms with van der Waals surface area (Å²) in [7, 11) is 0. The zero-order chi connectivity index (χ0) is 6.55. The van der Waals surface area contributed by atoms with E-state index in [1.165, 1.54) is 23.7 Å². The molecular weight excluding hydrogens is 120 g/mol. The highest BCUT2D eigenvalue weighted by Gasteiger charge is 2.48. The van der Waals surface area contributed by atoms with Crippen molar-refractivity contribution in [1.29, 1.82) is 0 Å². The zero-order valence-electron chi connectivity index (χ0n) is 6.55. The minimum Gasteiger partial charge on any atom is -0.0527 e. The van der Waals surface area contributed by atoms with Crippen LogP contribution in [0.4, 0.5) is 0 Å². The predicted octanol–water partition coefficient (Wildman–Crippen LogP) is 2.83. The summed E-state index contributed by atoms with van der Waals surface area (Å²) in [5.74, 6) is 4.80. The van der Waals surface area contributed by atoms with Crippen molar-refractivity contribution in [2.75, 3.05) is 0 Å². The SMILES string of the molecule is C1C[C@@H]2[C@@H]3CC[C@@H](C3)[C@@H]2C1. The van der Waals surface area contributed by atoms with Crippen LogP contribution in [0.15, 0.2) is 0 Å². The van der Waals surface area contributed by atoms with Crippen molar-refractivity contribution in [3.05, 3.63) is 0 Å². The van der Waals surface area contributed by atoms with Crippen LogP contribution in [-0.4, -0.2) is 0 Å². The van der Waals surface area contributed by atoms with Gasteiger partial charge in [-0.25, -0.2) is 0 Å². The summed E-state index contributed by atoms with van der Waals surface area (Å²) >= 11 is 0. The van der Waals surface area contributed by atoms with E-state index in [4.69, 9.17) is 0 Å². The van der Waals surface area contributed by atoms with E-state index in [0.717, 1.165) is 0 Å². The summed E-state index contributed by atoms with van der Waals surface area (Å²) in [6.45, 7) is 0. The van der Waals surface area contributed by atoms with Gasteiger partial charge in [0.05, 0.1) is 0 Å². The Morgan fingerprint density at radius 1 is 0.700 bits per heavy atom. The smallest absolute Gasteiger partial charge is 0.0355 e. The summed E-state index contributed by atoms with van der Waals surface area (Å²) in [5, 5.41) is 0. The highest BCUT2D eigenvalue weighted by atomic mass is 14.5. The van der Waals surface area contributed by atoms with Crippen LogP contribution < -0.4 is 0 Å². The van der Waals surface area contributed by atoms with Crippen molar-refractivity contribution in [2.24, 2.45) is 23.7 Å². The molecule has 0 heterocycles. The Labute approximate surface area is 63.0 Å². The maximum absolute atomic E-state index is 1.62. The Morgan fingerprint density at radius 2 is 1.30 bits per heavy atom. The molecule has 3 saturated carbocycles. The number of fused-ring (bicyclic) bond motifs is 5. The van der Waals surface area contributed by atoms with Crippen molar-refractivity contribution in [2.45, 2.75) is 38.5 Å². The standard InChI is InChI=1S/C10H16/c1-2-9-7-4-5-8(6-7)10(9)3-1/h7-10H,1-6H2/t7-,8+,9-,10+. The quantitative estimate of drug-likeness (QED) is 0.480. The van der Waals surface area contributed by atoms with E-state index in [-0.39, 0.29) is 0 Å². The third kappa shape index (κ3) is 0.538. The second-order valence-electron chi connectivity index (χ2n) is 4.59. The van der Waals surface area contributed by atoms with Crippen LogP contribution in [-0.2, 0) is 0 Å². The lowest BCUT2D eigenvalue weighted by Gasteiger charge is -2.23. The molecule has 0 nitrogen and oxygen atoms in total. The molecule has 0 unspecified atom stereocenters. The van der Waals surface area contributed by atoms with Gasteiger partial charge < -0.3 is 0 Å². The molecule has 3 rings (SSSR count). The molecule has 10 heavy (non-hydrogen) atoms. The van der Waals surface area contributed by atoms with E-state index in [2.05, 4.69) is 0 Å². The molecule has 0 aromatic rings. The predicted molar refractivity (Wildman–Crippen MR) is 41.7 cm³/mol. The molecule has 3 fully saturated rings. The molecule has 0 spiro atoms. The monoisotopic (exact) mass is 136 g/mol. The molecule has 2 bridgehead atoms. The lowest BCUT2D eigenvalue weighted by molar-refractivity contribution is 0.259. The van der Waals surface area contributed by atoms with E-state index in [1.54, 1.807) is 38.5 Å². The largest absolute Gasteiger partial charge is 0.0527 e. The van der Waals surface area contributed by atoms with E-state index < -0.39 is 0 Å². The molecule has 0 N–H and O–H groups in total. The van der Waals surface area contributed by atoms with Crippen LogP contribution >= 0.6 is 0 Å². The molecule has 0 aromatic carbocycles. The van der Waals surface area contributed by atoms with E-state index in [0.29, 0.717) is 0 Å². The van der Waals surface area contributed by atoms with Gasteiger partial charge in [0.25, 0.3) is 0 Å². The Balaban J connectivity index is 1.92. The van der Waals surface area contributed by atoms with E-state index >= 15 is 0 Å². The van der Waals surface area contributed by atoms with Gasteiger partial charge in [-0.1, -0.05) is 6.42 Å². The summed E-state index contributed by atoms with van der Waals surface area (Å²) in [5.41, 5.74) is 0. The summed E-state index contributed by atoms with van der Waals surface area (Å²) in [4.78, 5) is 0. The number of hydrogen-bond donors (Lipinski definition) is 0. The molecule has 3 aliphatic carbocycles. The first-order valence-electron chi connectivity index (χ1n) is 4.95. The Hall–Kier alpha value is 0. The zero-order valence-corrected chi connectivity index (χ0v) is 6.55. The van der Waals surface area contributed by atoms with Gasteiger partial charge in [-0.2, -0.15) is 0 Å². The van der Waals surface area contributed by atoms with Crippen LogP contribution in [0.25, 0.3) is 0 Å². The van der Waals surface area contributed by atoms with Gasteiger partial charge in [0.15, 0.2) is 0 Å². The van der Waals surface area contributed by atoms with Crippen molar-refractivity contribution in [1.82, 2.24) is 0 Å². The third-order valence-electron chi connectivity index (χ3n) is 4.35. The van der Waals surface area contributed by atoms with Crippen LogP contribution in [0.2, 0.25) is 0 Å². The highest BCUT2D eigenvalue weighted by Crippen LogP contribution is 2.58. The van der Waals surface area contributed by atoms with Crippen molar-refractivity contribution in [3.63, 3.8) is 0 Å². The van der Waals surface area contributed by atoms with Gasteiger partial charge in [0.1, 0.15) is 0 Å². The minimum absolute atomic E-state index is 1.19. The normalized spacial score (nSPS) is 57.6. The first-order valence-corrected chi connectivity index (χ1v) is 4.95. The molecular formula is C10H16. The average Bonchev–Trinajstić information content (AvgIpc) is 2.60.